The molecule has 0 aromatic heterocycles. The van der Waals surface area contributed by atoms with Gasteiger partial charge in [0, 0.05) is 18.1 Å². The summed E-state index contributed by atoms with van der Waals surface area (Å²) in [6, 6.07) is 4.62. The molecule has 0 aliphatic carbocycles. The van der Waals surface area contributed by atoms with E-state index in [1.807, 2.05) is 0 Å². The summed E-state index contributed by atoms with van der Waals surface area (Å²) < 4.78 is 4.98. The first kappa shape index (κ1) is 12.9. The fourth-order valence-corrected chi connectivity index (χ4v) is 1.89. The summed E-state index contributed by atoms with van der Waals surface area (Å²) in [5, 5.41) is 12.7. The third-order valence-electron chi connectivity index (χ3n) is 2.77. The smallest absolute Gasteiger partial charge is 0.329 e. The highest BCUT2D eigenvalue weighted by Crippen LogP contribution is 2.25. The zero-order valence-electron chi connectivity index (χ0n) is 10.1. The first-order valence-electron chi connectivity index (χ1n) is 5.51. The van der Waals surface area contributed by atoms with Crippen molar-refractivity contribution in [1.82, 2.24) is 5.32 Å². The number of urea groups is 1. The van der Waals surface area contributed by atoms with Crippen molar-refractivity contribution < 1.29 is 24.2 Å². The van der Waals surface area contributed by atoms with Crippen LogP contribution < -0.4 is 20.1 Å². The predicted octanol–water partition coefficient (Wildman–Crippen LogP) is -0.740. The summed E-state index contributed by atoms with van der Waals surface area (Å²) in [5.74, 6) is -1.45. The summed E-state index contributed by atoms with van der Waals surface area (Å²) in [5.41, 5.74) is 0.412. The van der Waals surface area contributed by atoms with Gasteiger partial charge in [-0.1, -0.05) is 0 Å². The van der Waals surface area contributed by atoms with Gasteiger partial charge in [-0.3, -0.25) is 15.0 Å². The SMILES string of the molecule is COc1ccc(N2C(=O)NC(=O)[C@@H]2CC(=O)[O-])cc1. The van der Waals surface area contributed by atoms with Gasteiger partial charge in [-0.2, -0.15) is 0 Å². The average molecular weight is 263 g/mol. The van der Waals surface area contributed by atoms with Crippen molar-refractivity contribution in [3.05, 3.63) is 24.3 Å². The van der Waals surface area contributed by atoms with E-state index in [2.05, 4.69) is 5.32 Å². The Bertz CT molecular complexity index is 525. The molecule has 7 heteroatoms. The van der Waals surface area contributed by atoms with Crippen molar-refractivity contribution in [1.29, 1.82) is 0 Å². The van der Waals surface area contributed by atoms with Crippen LogP contribution in [-0.4, -0.2) is 31.1 Å². The van der Waals surface area contributed by atoms with Crippen molar-refractivity contribution in [3.8, 4) is 5.75 Å². The monoisotopic (exact) mass is 263 g/mol. The second kappa shape index (κ2) is 4.97. The minimum atomic E-state index is -1.40. The number of benzene rings is 1. The normalized spacial score (nSPS) is 18.4. The van der Waals surface area contributed by atoms with Crippen LogP contribution in [0, 0.1) is 0 Å². The first-order valence-corrected chi connectivity index (χ1v) is 5.51. The summed E-state index contributed by atoms with van der Waals surface area (Å²) in [6.07, 6.45) is -0.552. The lowest BCUT2D eigenvalue weighted by Gasteiger charge is -2.22. The molecule has 1 aromatic rings. The maximum atomic E-state index is 11.7. The largest absolute Gasteiger partial charge is 0.550 e. The van der Waals surface area contributed by atoms with Crippen LogP contribution >= 0.6 is 0 Å². The highest BCUT2D eigenvalue weighted by atomic mass is 16.5. The van der Waals surface area contributed by atoms with E-state index >= 15 is 0 Å². The number of carboxylic acid groups (broad SMARTS) is 1. The van der Waals surface area contributed by atoms with Crippen LogP contribution in [-0.2, 0) is 9.59 Å². The number of carbonyl (C=O) groups excluding carboxylic acids is 3. The van der Waals surface area contributed by atoms with E-state index < -0.39 is 30.4 Å². The molecule has 1 saturated heterocycles. The zero-order chi connectivity index (χ0) is 14.0. The van der Waals surface area contributed by atoms with Gasteiger partial charge in [0.1, 0.15) is 11.8 Å². The Hall–Kier alpha value is -2.57. The number of aliphatic carboxylic acids is 1. The van der Waals surface area contributed by atoms with Crippen LogP contribution in [0.4, 0.5) is 10.5 Å². The maximum absolute atomic E-state index is 11.7. The molecule has 0 radical (unpaired) electrons. The second-order valence-corrected chi connectivity index (χ2v) is 3.95. The molecule has 0 spiro atoms. The minimum Gasteiger partial charge on any atom is -0.550 e. The molecule has 1 heterocycles. The lowest BCUT2D eigenvalue weighted by atomic mass is 10.1. The Kier molecular flexibility index (Phi) is 3.37. The predicted molar refractivity (Wildman–Crippen MR) is 62.4 cm³/mol. The van der Waals surface area contributed by atoms with E-state index in [1.54, 1.807) is 24.3 Å². The summed E-state index contributed by atoms with van der Waals surface area (Å²) >= 11 is 0. The fourth-order valence-electron chi connectivity index (χ4n) is 1.89. The standard InChI is InChI=1S/C12H12N2O5/c1-19-8-4-2-7(3-5-8)14-9(6-10(15)16)11(17)13-12(14)18/h2-5,9H,6H2,1H3,(H,15,16)(H,13,17,18)/p-1/t9-/m0/s1. The van der Waals surface area contributed by atoms with Gasteiger partial charge in [0.05, 0.1) is 7.11 Å². The van der Waals surface area contributed by atoms with Gasteiger partial charge in [-0.15, -0.1) is 0 Å². The number of methoxy groups -OCH3 is 1. The zero-order valence-corrected chi connectivity index (χ0v) is 10.1. The number of hydrogen-bond acceptors (Lipinski definition) is 5. The number of amides is 3. The molecule has 19 heavy (non-hydrogen) atoms. The molecule has 1 N–H and O–H groups in total. The van der Waals surface area contributed by atoms with Gasteiger partial charge in [0.15, 0.2) is 0 Å². The number of carbonyl (C=O) groups is 3. The number of imide groups is 1. The molecular formula is C12H11N2O5-. The number of rotatable bonds is 4. The second-order valence-electron chi connectivity index (χ2n) is 3.95. The van der Waals surface area contributed by atoms with E-state index in [9.17, 15) is 19.5 Å². The van der Waals surface area contributed by atoms with Crippen LogP contribution in [0.25, 0.3) is 0 Å². The van der Waals surface area contributed by atoms with Crippen LogP contribution in [0.5, 0.6) is 5.75 Å². The minimum absolute atomic E-state index is 0.412. The van der Waals surface area contributed by atoms with Crippen LogP contribution in [0.15, 0.2) is 24.3 Å². The lowest BCUT2D eigenvalue weighted by Crippen LogP contribution is -2.40. The first-order chi connectivity index (χ1) is 9.02. The maximum Gasteiger partial charge on any atom is 0.329 e. The number of carboxylic acids is 1. The topological polar surface area (TPSA) is 98.8 Å². The van der Waals surface area contributed by atoms with Crippen LogP contribution in [0.3, 0.4) is 0 Å². The van der Waals surface area contributed by atoms with E-state index in [1.165, 1.54) is 7.11 Å². The Morgan fingerprint density at radius 2 is 2.00 bits per heavy atom. The molecule has 0 saturated carbocycles. The number of hydrogen-bond donors (Lipinski definition) is 1. The molecule has 3 amide bonds. The molecule has 1 aliphatic rings. The molecule has 1 atom stereocenters. The van der Waals surface area contributed by atoms with Gasteiger partial charge < -0.3 is 14.6 Å². The van der Waals surface area contributed by atoms with Crippen molar-refractivity contribution in [2.24, 2.45) is 0 Å². The Labute approximate surface area is 108 Å². The highest BCUT2D eigenvalue weighted by molar-refractivity contribution is 6.15. The molecular weight excluding hydrogens is 252 g/mol. The molecule has 1 aromatic carbocycles. The Morgan fingerprint density at radius 1 is 1.37 bits per heavy atom. The highest BCUT2D eigenvalue weighted by Gasteiger charge is 2.39. The molecule has 100 valence electrons. The number of anilines is 1. The molecule has 0 bridgehead atoms. The third kappa shape index (κ3) is 2.49. The quantitative estimate of drug-likeness (QED) is 0.721. The van der Waals surface area contributed by atoms with Crippen molar-refractivity contribution in [2.75, 3.05) is 12.0 Å². The third-order valence-corrected chi connectivity index (χ3v) is 2.77. The fraction of sp³-hybridized carbons (Fsp3) is 0.250. The van der Waals surface area contributed by atoms with Gasteiger partial charge in [0.25, 0.3) is 5.91 Å². The van der Waals surface area contributed by atoms with Gasteiger partial charge in [-0.05, 0) is 24.3 Å². The van der Waals surface area contributed by atoms with Gasteiger partial charge in [-0.25, -0.2) is 4.79 Å². The van der Waals surface area contributed by atoms with E-state index in [0.717, 1.165) is 4.90 Å². The van der Waals surface area contributed by atoms with E-state index in [-0.39, 0.29) is 0 Å². The van der Waals surface area contributed by atoms with Crippen LogP contribution in [0.2, 0.25) is 0 Å². The van der Waals surface area contributed by atoms with Gasteiger partial charge in [0.2, 0.25) is 0 Å². The molecule has 1 fully saturated rings. The summed E-state index contributed by atoms with van der Waals surface area (Å²) in [7, 11) is 1.50. The molecule has 2 rings (SSSR count). The number of nitrogens with one attached hydrogen (secondary N) is 1. The molecule has 0 unspecified atom stereocenters. The molecule has 7 nitrogen and oxygen atoms in total. The number of nitrogens with zero attached hydrogens (tertiary/aromatic N) is 1. The van der Waals surface area contributed by atoms with E-state index in [0.29, 0.717) is 11.4 Å². The average Bonchev–Trinajstić information content (AvgIpc) is 2.64. The molecule has 1 aliphatic heterocycles. The van der Waals surface area contributed by atoms with Crippen molar-refractivity contribution >= 4 is 23.6 Å². The lowest BCUT2D eigenvalue weighted by molar-refractivity contribution is -0.305. The van der Waals surface area contributed by atoms with Crippen molar-refractivity contribution in [2.45, 2.75) is 12.5 Å². The summed E-state index contributed by atoms with van der Waals surface area (Å²) in [4.78, 5) is 34.9. The number of ether oxygens (including phenoxy) is 1. The summed E-state index contributed by atoms with van der Waals surface area (Å²) in [6.45, 7) is 0. The van der Waals surface area contributed by atoms with E-state index in [4.69, 9.17) is 4.74 Å². The Balaban J connectivity index is 2.30. The van der Waals surface area contributed by atoms with Crippen LogP contribution in [0.1, 0.15) is 6.42 Å². The van der Waals surface area contributed by atoms with Gasteiger partial charge >= 0.3 is 6.03 Å². The Morgan fingerprint density at radius 3 is 2.53 bits per heavy atom. The van der Waals surface area contributed by atoms with Crippen molar-refractivity contribution in [3.63, 3.8) is 0 Å².